The average Bonchev–Trinajstić information content (AvgIpc) is 3.26. The Morgan fingerprint density at radius 3 is 2.75 bits per heavy atom. The Kier molecular flexibility index (Phi) is 6.12. The molecule has 1 aromatic carbocycles. The van der Waals surface area contributed by atoms with E-state index < -0.39 is 14.8 Å². The number of carbonyl (C=O) groups excluding carboxylic acids is 2. The van der Waals surface area contributed by atoms with Crippen LogP contribution in [0.1, 0.15) is 44.5 Å². The molecule has 1 atom stereocenters. The Morgan fingerprint density at radius 1 is 1.28 bits per heavy atom. The fraction of sp³-hybridized carbons (Fsp3) is 0.346. The third kappa shape index (κ3) is 4.08. The summed E-state index contributed by atoms with van der Waals surface area (Å²) < 4.78 is 34.7. The maximum atomic E-state index is 14.5. The number of hydrogen-bond donors (Lipinski definition) is 1. The van der Waals surface area contributed by atoms with Gasteiger partial charge in [0.25, 0.3) is 10.0 Å². The summed E-state index contributed by atoms with van der Waals surface area (Å²) in [5.74, 6) is 0.00481. The predicted octanol–water partition coefficient (Wildman–Crippen LogP) is 4.08. The molecule has 0 aliphatic heterocycles. The van der Waals surface area contributed by atoms with Gasteiger partial charge in [-0.1, -0.05) is 37.3 Å². The minimum atomic E-state index is -4.17. The van der Waals surface area contributed by atoms with Crippen LogP contribution in [0.15, 0.2) is 64.7 Å². The minimum absolute atomic E-state index is 0.0447. The Labute approximate surface area is 213 Å². The summed E-state index contributed by atoms with van der Waals surface area (Å²) in [5.41, 5.74) is 3.05. The van der Waals surface area contributed by atoms with E-state index in [0.717, 1.165) is 18.2 Å². The van der Waals surface area contributed by atoms with Crippen molar-refractivity contribution in [3.05, 3.63) is 76.1 Å². The Bertz CT molecular complexity index is 1500. The van der Waals surface area contributed by atoms with Crippen molar-refractivity contribution in [2.45, 2.75) is 51.0 Å². The number of fused-ring (bicyclic) bond motifs is 1. The van der Waals surface area contributed by atoms with Crippen molar-refractivity contribution in [2.24, 2.45) is 5.41 Å². The second-order valence-electron chi connectivity index (χ2n) is 9.72. The van der Waals surface area contributed by atoms with Gasteiger partial charge in [0.05, 0.1) is 34.5 Å². The minimum Gasteiger partial charge on any atom is -0.489 e. The monoisotopic (exact) mass is 525 g/mol. The number of ether oxygens (including phenoxy) is 1. The van der Waals surface area contributed by atoms with Crippen LogP contribution in [0.5, 0.6) is 0 Å². The third-order valence-electron chi connectivity index (χ3n) is 7.05. The van der Waals surface area contributed by atoms with Crippen molar-refractivity contribution >= 4 is 44.5 Å². The lowest BCUT2D eigenvalue weighted by Gasteiger charge is -2.34. The topological polar surface area (TPSA) is 107 Å². The molecule has 36 heavy (non-hydrogen) atoms. The van der Waals surface area contributed by atoms with E-state index in [0.29, 0.717) is 23.2 Å². The molecule has 1 unspecified atom stereocenters. The first-order chi connectivity index (χ1) is 17.2. The number of nitrogens with one attached hydrogen (secondary N) is 1. The normalized spacial score (nSPS) is 20.9. The van der Waals surface area contributed by atoms with Gasteiger partial charge in [-0.25, -0.2) is 17.4 Å². The SMILES string of the molecule is CC1(C(=O)NCc2cc3ccccc3n2S(=O)(=O)C2(C)CC=CC(C=O)=C2OCc2cscn2)CC1. The number of benzene rings is 1. The summed E-state index contributed by atoms with van der Waals surface area (Å²) in [5, 5.41) is 5.47. The number of amides is 1. The first-order valence-corrected chi connectivity index (χ1v) is 14.1. The Hall–Kier alpha value is -3.24. The second kappa shape index (κ2) is 9.01. The highest BCUT2D eigenvalue weighted by atomic mass is 32.2. The van der Waals surface area contributed by atoms with E-state index in [2.05, 4.69) is 10.3 Å². The van der Waals surface area contributed by atoms with E-state index in [1.165, 1.54) is 15.3 Å². The maximum Gasteiger partial charge on any atom is 0.252 e. The molecule has 1 N–H and O–H groups in total. The van der Waals surface area contributed by atoms with E-state index in [1.807, 2.05) is 24.4 Å². The first kappa shape index (κ1) is 24.5. The van der Waals surface area contributed by atoms with Crippen LogP contribution >= 0.6 is 11.3 Å². The molecule has 188 valence electrons. The molecule has 0 radical (unpaired) electrons. The molecule has 5 rings (SSSR count). The number of aromatic nitrogens is 2. The lowest BCUT2D eigenvalue weighted by atomic mass is 9.95. The quantitative estimate of drug-likeness (QED) is 0.422. The van der Waals surface area contributed by atoms with Gasteiger partial charge in [0.2, 0.25) is 5.91 Å². The van der Waals surface area contributed by atoms with Crippen LogP contribution in [0.3, 0.4) is 0 Å². The first-order valence-electron chi connectivity index (χ1n) is 11.7. The number of hydrogen-bond acceptors (Lipinski definition) is 7. The molecular formula is C26H27N3O5S2. The van der Waals surface area contributed by atoms with Crippen LogP contribution in [0.25, 0.3) is 10.9 Å². The largest absolute Gasteiger partial charge is 0.489 e. The second-order valence-corrected chi connectivity index (χ2v) is 12.7. The molecule has 1 amide bonds. The van der Waals surface area contributed by atoms with Crippen LogP contribution in [-0.4, -0.2) is 34.3 Å². The van der Waals surface area contributed by atoms with Gasteiger partial charge in [0.1, 0.15) is 17.1 Å². The average molecular weight is 526 g/mol. The van der Waals surface area contributed by atoms with Gasteiger partial charge in [-0.2, -0.15) is 0 Å². The summed E-state index contributed by atoms with van der Waals surface area (Å²) in [6.07, 6.45) is 5.65. The van der Waals surface area contributed by atoms with Gasteiger partial charge in [0, 0.05) is 16.2 Å². The highest BCUT2D eigenvalue weighted by Gasteiger charge is 2.49. The molecule has 1 saturated carbocycles. The molecule has 2 aliphatic rings. The van der Waals surface area contributed by atoms with Crippen molar-refractivity contribution in [3.8, 4) is 0 Å². The number of thiazole rings is 1. The van der Waals surface area contributed by atoms with Crippen LogP contribution in [0.2, 0.25) is 0 Å². The predicted molar refractivity (Wildman–Crippen MR) is 138 cm³/mol. The van der Waals surface area contributed by atoms with Gasteiger partial charge in [-0.15, -0.1) is 11.3 Å². The highest BCUT2D eigenvalue weighted by Crippen LogP contribution is 2.45. The zero-order valence-electron chi connectivity index (χ0n) is 20.1. The number of rotatable bonds is 9. The number of nitrogens with zero attached hydrogens (tertiary/aromatic N) is 2. The molecule has 0 saturated heterocycles. The van der Waals surface area contributed by atoms with Crippen molar-refractivity contribution in [1.29, 1.82) is 0 Å². The molecule has 10 heteroatoms. The number of allylic oxidation sites excluding steroid dienone is 3. The van der Waals surface area contributed by atoms with Gasteiger partial charge < -0.3 is 10.1 Å². The van der Waals surface area contributed by atoms with E-state index in [9.17, 15) is 18.0 Å². The van der Waals surface area contributed by atoms with Gasteiger partial charge in [0.15, 0.2) is 6.29 Å². The van der Waals surface area contributed by atoms with Crippen molar-refractivity contribution in [3.63, 3.8) is 0 Å². The van der Waals surface area contributed by atoms with Crippen molar-refractivity contribution in [2.75, 3.05) is 0 Å². The van der Waals surface area contributed by atoms with Crippen LogP contribution in [0.4, 0.5) is 0 Å². The van der Waals surface area contributed by atoms with E-state index >= 15 is 0 Å². The fourth-order valence-electron chi connectivity index (χ4n) is 4.48. The van der Waals surface area contributed by atoms with Crippen LogP contribution in [0, 0.1) is 5.41 Å². The molecule has 2 aromatic heterocycles. The van der Waals surface area contributed by atoms with Crippen molar-refractivity contribution < 1.29 is 22.7 Å². The van der Waals surface area contributed by atoms with Gasteiger partial charge >= 0.3 is 0 Å². The van der Waals surface area contributed by atoms with E-state index in [1.54, 1.807) is 42.8 Å². The smallest absolute Gasteiger partial charge is 0.252 e. The molecule has 3 aromatic rings. The van der Waals surface area contributed by atoms with Gasteiger partial charge in [-0.05, 0) is 38.3 Å². The standard InChI is InChI=1S/C26H27N3O5S2/c1-25(10-11-25)24(31)27-13-21-12-18-6-3-4-8-22(18)29(21)36(32,33)26(2)9-5-7-19(14-30)23(26)34-15-20-16-35-17-28-20/h3-8,12,14,16-17H,9-11,13,15H2,1-2H3,(H,27,31). The fourth-order valence-corrected chi connectivity index (χ4v) is 7.00. The lowest BCUT2D eigenvalue weighted by molar-refractivity contribution is -0.125. The molecule has 8 nitrogen and oxygen atoms in total. The Morgan fingerprint density at radius 2 is 2.06 bits per heavy atom. The number of aldehydes is 1. The number of carbonyl (C=O) groups is 2. The van der Waals surface area contributed by atoms with Crippen LogP contribution in [-0.2, 0) is 37.5 Å². The maximum absolute atomic E-state index is 14.5. The molecule has 1 fully saturated rings. The summed E-state index contributed by atoms with van der Waals surface area (Å²) in [6.45, 7) is 3.59. The van der Waals surface area contributed by atoms with Crippen molar-refractivity contribution in [1.82, 2.24) is 14.3 Å². The molecule has 2 heterocycles. The highest BCUT2D eigenvalue weighted by molar-refractivity contribution is 7.91. The molecule has 2 aliphatic carbocycles. The van der Waals surface area contributed by atoms with Crippen LogP contribution < -0.4 is 5.32 Å². The Balaban J connectivity index is 1.58. The van der Waals surface area contributed by atoms with Gasteiger partial charge in [-0.3, -0.25) is 9.59 Å². The zero-order valence-corrected chi connectivity index (χ0v) is 21.7. The molecule has 0 bridgehead atoms. The molecular weight excluding hydrogens is 498 g/mol. The summed E-state index contributed by atoms with van der Waals surface area (Å²) in [4.78, 5) is 28.8. The zero-order chi connectivity index (χ0) is 25.6. The number of para-hydroxylation sites is 1. The lowest BCUT2D eigenvalue weighted by Crippen LogP contribution is -2.44. The molecule has 0 spiro atoms. The summed E-state index contributed by atoms with van der Waals surface area (Å²) in [7, 11) is -4.17. The summed E-state index contributed by atoms with van der Waals surface area (Å²) in [6, 6.07) is 8.97. The van der Waals surface area contributed by atoms with E-state index in [4.69, 9.17) is 4.74 Å². The third-order valence-corrected chi connectivity index (χ3v) is 10.1. The van der Waals surface area contributed by atoms with E-state index in [-0.39, 0.29) is 42.2 Å². The summed E-state index contributed by atoms with van der Waals surface area (Å²) >= 11 is 1.41.